The first-order chi connectivity index (χ1) is 16.4. The molecule has 34 heavy (non-hydrogen) atoms. The molecule has 0 unspecified atom stereocenters. The van der Waals surface area contributed by atoms with E-state index in [1.807, 2.05) is 91.0 Å². The summed E-state index contributed by atoms with van der Waals surface area (Å²) in [5, 5.41) is 14.0. The van der Waals surface area contributed by atoms with Crippen LogP contribution in [0.25, 0.3) is 0 Å². The number of piperidine rings is 1. The SMILES string of the molecule is CC1(C)O[C@H]2[C@H](O)[C@@H](COC(c3ccccc3)(c3ccccc3)c3ccccc3)NC(=O)[C@H]2O1. The molecular weight excluding hydrogens is 430 g/mol. The molecule has 0 aliphatic carbocycles. The second-order valence-corrected chi connectivity index (χ2v) is 9.22. The van der Waals surface area contributed by atoms with Gasteiger partial charge in [-0.2, -0.15) is 0 Å². The van der Waals surface area contributed by atoms with Gasteiger partial charge in [0, 0.05) is 0 Å². The monoisotopic (exact) mass is 459 g/mol. The van der Waals surface area contributed by atoms with E-state index in [0.29, 0.717) is 0 Å². The maximum absolute atomic E-state index is 12.8. The highest BCUT2D eigenvalue weighted by molar-refractivity contribution is 5.83. The Balaban J connectivity index is 1.53. The summed E-state index contributed by atoms with van der Waals surface area (Å²) in [6, 6.07) is 29.3. The van der Waals surface area contributed by atoms with Gasteiger partial charge in [-0.15, -0.1) is 0 Å². The van der Waals surface area contributed by atoms with Gasteiger partial charge in [0.05, 0.1) is 12.6 Å². The average molecular weight is 460 g/mol. The topological polar surface area (TPSA) is 77.0 Å². The van der Waals surface area contributed by atoms with Crippen LogP contribution in [0.4, 0.5) is 0 Å². The van der Waals surface area contributed by atoms with Crippen LogP contribution in [0.15, 0.2) is 91.0 Å². The molecular formula is C28H29NO5. The molecule has 0 spiro atoms. The van der Waals surface area contributed by atoms with Crippen LogP contribution >= 0.6 is 0 Å². The molecule has 2 N–H and O–H groups in total. The minimum Gasteiger partial charge on any atom is -0.388 e. The summed E-state index contributed by atoms with van der Waals surface area (Å²) in [4.78, 5) is 12.8. The lowest BCUT2D eigenvalue weighted by atomic mass is 9.80. The molecule has 0 radical (unpaired) electrons. The smallest absolute Gasteiger partial charge is 0.252 e. The lowest BCUT2D eigenvalue weighted by Gasteiger charge is -2.40. The summed E-state index contributed by atoms with van der Waals surface area (Å²) in [5.74, 6) is -1.25. The highest BCUT2D eigenvalue weighted by Crippen LogP contribution is 2.41. The Kier molecular flexibility index (Phi) is 6.00. The average Bonchev–Trinajstić information content (AvgIpc) is 3.21. The normalized spacial score (nSPS) is 26.0. The van der Waals surface area contributed by atoms with Gasteiger partial charge in [-0.25, -0.2) is 0 Å². The quantitative estimate of drug-likeness (QED) is 0.553. The standard InChI is InChI=1S/C28H29NO5/c1-27(2)33-24-23(30)22(29-26(31)25(24)34-27)18-32-28(19-12-6-3-7-13-19,20-14-8-4-9-15-20)21-16-10-5-11-17-21/h3-17,22-25,30H,18H2,1-2H3,(H,29,31)/t22-,23-,24+,25+/m1/s1. The molecule has 3 aromatic carbocycles. The fraction of sp³-hybridized carbons (Fsp3) is 0.321. The van der Waals surface area contributed by atoms with Crippen LogP contribution < -0.4 is 5.32 Å². The van der Waals surface area contributed by atoms with Crippen LogP contribution in [-0.2, 0) is 24.6 Å². The fourth-order valence-electron chi connectivity index (χ4n) is 4.94. The van der Waals surface area contributed by atoms with E-state index in [2.05, 4.69) is 5.32 Å². The van der Waals surface area contributed by atoms with E-state index in [1.54, 1.807) is 13.8 Å². The highest BCUT2D eigenvalue weighted by atomic mass is 16.8. The first-order valence-corrected chi connectivity index (χ1v) is 11.6. The summed E-state index contributed by atoms with van der Waals surface area (Å²) in [6.45, 7) is 3.54. The summed E-state index contributed by atoms with van der Waals surface area (Å²) >= 11 is 0. The highest BCUT2D eigenvalue weighted by Gasteiger charge is 2.54. The van der Waals surface area contributed by atoms with Crippen LogP contribution in [0.5, 0.6) is 0 Å². The van der Waals surface area contributed by atoms with Crippen molar-refractivity contribution < 1.29 is 24.1 Å². The van der Waals surface area contributed by atoms with Crippen LogP contribution in [0.3, 0.4) is 0 Å². The number of aliphatic hydroxyl groups excluding tert-OH is 1. The Morgan fingerprint density at radius 2 is 1.32 bits per heavy atom. The van der Waals surface area contributed by atoms with Gasteiger partial charge >= 0.3 is 0 Å². The number of aliphatic hydroxyl groups is 1. The number of fused-ring (bicyclic) bond motifs is 1. The predicted octanol–water partition coefficient (Wildman–Crippen LogP) is 3.37. The van der Waals surface area contributed by atoms with Crippen molar-refractivity contribution in [1.29, 1.82) is 0 Å². The van der Waals surface area contributed by atoms with E-state index < -0.39 is 35.7 Å². The van der Waals surface area contributed by atoms with E-state index in [9.17, 15) is 9.90 Å². The molecule has 2 aliphatic rings. The van der Waals surface area contributed by atoms with Crippen molar-refractivity contribution >= 4 is 5.91 Å². The van der Waals surface area contributed by atoms with Gasteiger partial charge in [-0.05, 0) is 30.5 Å². The molecule has 0 saturated carbocycles. The summed E-state index contributed by atoms with van der Waals surface area (Å²) in [5.41, 5.74) is 1.90. The molecule has 6 nitrogen and oxygen atoms in total. The number of hydrogen-bond acceptors (Lipinski definition) is 5. The van der Waals surface area contributed by atoms with E-state index >= 15 is 0 Å². The number of nitrogens with one attached hydrogen (secondary N) is 1. The Morgan fingerprint density at radius 1 is 0.853 bits per heavy atom. The molecule has 1 amide bonds. The molecule has 3 aromatic rings. The van der Waals surface area contributed by atoms with E-state index in [0.717, 1.165) is 16.7 Å². The molecule has 176 valence electrons. The van der Waals surface area contributed by atoms with Crippen molar-refractivity contribution in [3.8, 4) is 0 Å². The van der Waals surface area contributed by atoms with Crippen LogP contribution in [0.2, 0.25) is 0 Å². The first kappa shape index (κ1) is 22.7. The molecule has 0 aromatic heterocycles. The molecule has 6 heteroatoms. The van der Waals surface area contributed by atoms with E-state index in [4.69, 9.17) is 14.2 Å². The molecule has 0 bridgehead atoms. The van der Waals surface area contributed by atoms with Crippen LogP contribution in [0.1, 0.15) is 30.5 Å². The lowest BCUT2D eigenvalue weighted by Crippen LogP contribution is -2.63. The molecule has 2 saturated heterocycles. The van der Waals surface area contributed by atoms with Gasteiger partial charge < -0.3 is 24.6 Å². The van der Waals surface area contributed by atoms with Crippen molar-refractivity contribution in [3.05, 3.63) is 108 Å². The number of rotatable bonds is 6. The maximum atomic E-state index is 12.8. The van der Waals surface area contributed by atoms with E-state index in [-0.39, 0.29) is 12.5 Å². The van der Waals surface area contributed by atoms with Crippen molar-refractivity contribution in [1.82, 2.24) is 5.32 Å². The molecule has 2 aliphatic heterocycles. The van der Waals surface area contributed by atoms with Crippen molar-refractivity contribution in [2.24, 2.45) is 0 Å². The Bertz CT molecular complexity index is 1020. The third-order valence-electron chi connectivity index (χ3n) is 6.48. The fourth-order valence-corrected chi connectivity index (χ4v) is 4.94. The number of amides is 1. The Hall–Kier alpha value is -3.03. The van der Waals surface area contributed by atoms with Gasteiger partial charge in [-0.3, -0.25) is 4.79 Å². The number of hydrogen-bond donors (Lipinski definition) is 2. The predicted molar refractivity (Wildman–Crippen MR) is 127 cm³/mol. The second-order valence-electron chi connectivity index (χ2n) is 9.22. The summed E-state index contributed by atoms with van der Waals surface area (Å²) < 4.78 is 18.3. The Morgan fingerprint density at radius 3 is 1.79 bits per heavy atom. The van der Waals surface area contributed by atoms with Gasteiger partial charge in [0.25, 0.3) is 5.91 Å². The van der Waals surface area contributed by atoms with Crippen LogP contribution in [-0.4, -0.2) is 47.8 Å². The zero-order chi connectivity index (χ0) is 23.8. The number of carbonyl (C=O) groups is 1. The van der Waals surface area contributed by atoms with E-state index in [1.165, 1.54) is 0 Å². The minimum absolute atomic E-state index is 0.0681. The Labute approximate surface area is 199 Å². The maximum Gasteiger partial charge on any atom is 0.252 e. The lowest BCUT2D eigenvalue weighted by molar-refractivity contribution is -0.157. The number of ether oxygens (including phenoxy) is 3. The largest absolute Gasteiger partial charge is 0.388 e. The third-order valence-corrected chi connectivity index (χ3v) is 6.48. The van der Waals surface area contributed by atoms with Gasteiger partial charge in [-0.1, -0.05) is 91.0 Å². The molecule has 2 heterocycles. The first-order valence-electron chi connectivity index (χ1n) is 11.6. The third kappa shape index (κ3) is 4.03. The summed E-state index contributed by atoms with van der Waals surface area (Å²) in [7, 11) is 0. The minimum atomic E-state index is -0.982. The summed E-state index contributed by atoms with van der Waals surface area (Å²) in [6.07, 6.45) is -2.58. The van der Waals surface area contributed by atoms with Gasteiger partial charge in [0.1, 0.15) is 17.8 Å². The van der Waals surface area contributed by atoms with Gasteiger partial charge in [0.2, 0.25) is 0 Å². The molecule has 2 fully saturated rings. The number of benzene rings is 3. The van der Waals surface area contributed by atoms with Gasteiger partial charge in [0.15, 0.2) is 11.9 Å². The van der Waals surface area contributed by atoms with Crippen LogP contribution in [0, 0.1) is 0 Å². The molecule has 4 atom stereocenters. The zero-order valence-electron chi connectivity index (χ0n) is 19.3. The number of carbonyl (C=O) groups excluding carboxylic acids is 1. The van der Waals surface area contributed by atoms with Crippen molar-refractivity contribution in [2.45, 2.75) is 49.6 Å². The second kappa shape index (κ2) is 8.96. The molecule has 5 rings (SSSR count). The van der Waals surface area contributed by atoms with Crippen molar-refractivity contribution in [2.75, 3.05) is 6.61 Å². The van der Waals surface area contributed by atoms with Crippen molar-refractivity contribution in [3.63, 3.8) is 0 Å². The zero-order valence-corrected chi connectivity index (χ0v) is 19.3.